The van der Waals surface area contributed by atoms with Gasteiger partial charge in [0.1, 0.15) is 9.84 Å². The number of halogens is 2. The van der Waals surface area contributed by atoms with Gasteiger partial charge in [0.15, 0.2) is 5.78 Å². The van der Waals surface area contributed by atoms with Crippen molar-refractivity contribution in [3.8, 4) is 5.69 Å². The number of allylic oxidation sites excluding steroid dienone is 1. The van der Waals surface area contributed by atoms with Crippen molar-refractivity contribution < 1.29 is 13.2 Å². The largest absolute Gasteiger partial charge is 0.314 e. The predicted octanol–water partition coefficient (Wildman–Crippen LogP) is 4.46. The van der Waals surface area contributed by atoms with Crippen LogP contribution in [0.25, 0.3) is 11.8 Å². The second kappa shape index (κ2) is 8.34. The Morgan fingerprint density at radius 3 is 2.48 bits per heavy atom. The molecule has 1 aromatic carbocycles. The van der Waals surface area contributed by atoms with Gasteiger partial charge < -0.3 is 4.57 Å². The van der Waals surface area contributed by atoms with Gasteiger partial charge in [-0.25, -0.2) is 8.42 Å². The second-order valence-corrected chi connectivity index (χ2v) is 9.01. The molecule has 0 atom stereocenters. The van der Waals surface area contributed by atoms with Crippen molar-refractivity contribution in [2.45, 2.75) is 13.3 Å². The van der Waals surface area contributed by atoms with Crippen LogP contribution in [0.3, 0.4) is 0 Å². The second-order valence-electron chi connectivity index (χ2n) is 5.76. The van der Waals surface area contributed by atoms with Crippen LogP contribution in [0.2, 0.25) is 5.02 Å². The molecule has 1 heterocycles. The monoisotopic (exact) mass is 443 g/mol. The quantitative estimate of drug-likeness (QED) is 0.468. The topological polar surface area (TPSA) is 56.1 Å². The zero-order chi connectivity index (χ0) is 18.6. The lowest BCUT2D eigenvalue weighted by atomic mass is 10.2. The normalized spacial score (nSPS) is 12.0. The number of carbonyl (C=O) groups is 1. The van der Waals surface area contributed by atoms with Crippen LogP contribution < -0.4 is 0 Å². The Hall–Kier alpha value is -1.37. The number of hydrogen-bond acceptors (Lipinski definition) is 3. The lowest BCUT2D eigenvalue weighted by Crippen LogP contribution is -2.04. The fourth-order valence-corrected chi connectivity index (χ4v) is 3.52. The third-order valence-corrected chi connectivity index (χ3v) is 5.46. The Morgan fingerprint density at radius 1 is 1.28 bits per heavy atom. The van der Waals surface area contributed by atoms with E-state index in [-0.39, 0.29) is 16.9 Å². The van der Waals surface area contributed by atoms with E-state index in [4.69, 9.17) is 11.6 Å². The van der Waals surface area contributed by atoms with Crippen LogP contribution in [-0.2, 0) is 9.84 Å². The van der Waals surface area contributed by atoms with E-state index in [0.29, 0.717) is 17.0 Å². The molecule has 7 heteroatoms. The van der Waals surface area contributed by atoms with E-state index in [0.717, 1.165) is 17.1 Å². The van der Waals surface area contributed by atoms with E-state index >= 15 is 0 Å². The molecular weight excluding hydrogens is 426 g/mol. The standard InChI is InChI=1S/C18H19BrClNO3S/c1-13-17(18(22)12-19)11-16(5-3-4-10-25(2,23)24)21(13)15-8-6-14(20)7-9-15/h3,5-9,11H,4,10,12H2,1-2H3. The summed E-state index contributed by atoms with van der Waals surface area (Å²) in [6, 6.07) is 9.17. The van der Waals surface area contributed by atoms with Gasteiger partial charge in [-0.1, -0.05) is 33.6 Å². The lowest BCUT2D eigenvalue weighted by molar-refractivity contribution is 0.102. The Bertz CT molecular complexity index is 899. The van der Waals surface area contributed by atoms with Crippen molar-refractivity contribution in [3.63, 3.8) is 0 Å². The molecule has 0 aliphatic carbocycles. The highest BCUT2D eigenvalue weighted by atomic mass is 79.9. The summed E-state index contributed by atoms with van der Waals surface area (Å²) in [5.41, 5.74) is 3.17. The molecule has 0 unspecified atom stereocenters. The number of alkyl halides is 1. The highest BCUT2D eigenvalue weighted by Gasteiger charge is 2.16. The maximum Gasteiger partial charge on any atom is 0.175 e. The molecule has 0 spiro atoms. The smallest absolute Gasteiger partial charge is 0.175 e. The molecule has 0 amide bonds. The Balaban J connectivity index is 2.44. The molecule has 0 N–H and O–H groups in total. The Labute approximate surface area is 161 Å². The summed E-state index contributed by atoms with van der Waals surface area (Å²) in [4.78, 5) is 12.2. The zero-order valence-electron chi connectivity index (χ0n) is 14.0. The fraction of sp³-hybridized carbons (Fsp3) is 0.278. The van der Waals surface area contributed by atoms with Gasteiger partial charge in [0.05, 0.1) is 11.1 Å². The molecule has 0 aliphatic rings. The van der Waals surface area contributed by atoms with E-state index in [2.05, 4.69) is 15.9 Å². The van der Waals surface area contributed by atoms with Crippen molar-refractivity contribution >= 4 is 49.2 Å². The van der Waals surface area contributed by atoms with Crippen LogP contribution in [0.4, 0.5) is 0 Å². The third-order valence-electron chi connectivity index (χ3n) is 3.73. The van der Waals surface area contributed by atoms with Gasteiger partial charge in [0.2, 0.25) is 0 Å². The molecule has 2 rings (SSSR count). The van der Waals surface area contributed by atoms with Crippen molar-refractivity contribution in [3.05, 3.63) is 58.4 Å². The minimum atomic E-state index is -3.00. The molecule has 0 aliphatic heterocycles. The SMILES string of the molecule is Cc1c(C(=O)CBr)cc(C=CCCS(C)(=O)=O)n1-c1ccc(Cl)cc1. The predicted molar refractivity (Wildman–Crippen MR) is 107 cm³/mol. The van der Waals surface area contributed by atoms with Crippen LogP contribution >= 0.6 is 27.5 Å². The van der Waals surface area contributed by atoms with E-state index in [1.807, 2.05) is 41.8 Å². The number of ketones is 1. The molecule has 134 valence electrons. The van der Waals surface area contributed by atoms with Crippen LogP contribution in [0.1, 0.15) is 28.2 Å². The van der Waals surface area contributed by atoms with Gasteiger partial charge in [-0.15, -0.1) is 0 Å². The van der Waals surface area contributed by atoms with Crippen LogP contribution in [0, 0.1) is 6.92 Å². The summed E-state index contributed by atoms with van der Waals surface area (Å²) in [5.74, 6) is 0.0909. The summed E-state index contributed by atoms with van der Waals surface area (Å²) in [5, 5.41) is 0.881. The molecule has 2 aromatic rings. The van der Waals surface area contributed by atoms with Gasteiger partial charge in [-0.05, 0) is 49.8 Å². The highest BCUT2D eigenvalue weighted by Crippen LogP contribution is 2.24. The lowest BCUT2D eigenvalue weighted by Gasteiger charge is -2.10. The Morgan fingerprint density at radius 2 is 1.92 bits per heavy atom. The summed E-state index contributed by atoms with van der Waals surface area (Å²) in [7, 11) is -3.00. The first-order valence-electron chi connectivity index (χ1n) is 7.64. The number of sulfone groups is 1. The van der Waals surface area contributed by atoms with Crippen LogP contribution in [0.5, 0.6) is 0 Å². The molecule has 25 heavy (non-hydrogen) atoms. The summed E-state index contributed by atoms with van der Waals surface area (Å²) in [6.07, 6.45) is 5.29. The van der Waals surface area contributed by atoms with Crippen LogP contribution in [0.15, 0.2) is 36.4 Å². The van der Waals surface area contributed by atoms with E-state index in [1.54, 1.807) is 12.1 Å². The van der Waals surface area contributed by atoms with Gasteiger partial charge in [0, 0.05) is 33.9 Å². The maximum absolute atomic E-state index is 12.2. The number of nitrogens with zero attached hydrogens (tertiary/aromatic N) is 1. The van der Waals surface area contributed by atoms with Crippen molar-refractivity contribution in [2.75, 3.05) is 17.3 Å². The summed E-state index contributed by atoms with van der Waals surface area (Å²) in [6.45, 7) is 1.89. The van der Waals surface area contributed by atoms with Crippen molar-refractivity contribution in [1.29, 1.82) is 0 Å². The molecule has 0 saturated carbocycles. The van der Waals surface area contributed by atoms with Gasteiger partial charge >= 0.3 is 0 Å². The first kappa shape index (κ1) is 19.9. The average molecular weight is 445 g/mol. The summed E-state index contributed by atoms with van der Waals surface area (Å²) < 4.78 is 24.5. The van der Waals surface area contributed by atoms with Gasteiger partial charge in [0.25, 0.3) is 0 Å². The molecular formula is C18H19BrClNO3S. The first-order valence-corrected chi connectivity index (χ1v) is 11.2. The third kappa shape index (κ3) is 5.30. The van der Waals surface area contributed by atoms with Gasteiger partial charge in [-0.2, -0.15) is 0 Å². The van der Waals surface area contributed by atoms with Crippen molar-refractivity contribution in [1.82, 2.24) is 4.57 Å². The fourth-order valence-electron chi connectivity index (χ4n) is 2.53. The minimum Gasteiger partial charge on any atom is -0.314 e. The number of benzene rings is 1. The molecule has 0 fully saturated rings. The van der Waals surface area contributed by atoms with Crippen molar-refractivity contribution in [2.24, 2.45) is 0 Å². The zero-order valence-corrected chi connectivity index (χ0v) is 17.2. The molecule has 0 saturated heterocycles. The Kier molecular flexibility index (Phi) is 6.65. The summed E-state index contributed by atoms with van der Waals surface area (Å²) >= 11 is 9.17. The van der Waals surface area contributed by atoms with E-state index in [1.165, 1.54) is 6.26 Å². The molecule has 4 nitrogen and oxygen atoms in total. The number of rotatable bonds is 7. The molecule has 0 radical (unpaired) electrons. The van der Waals surface area contributed by atoms with Crippen LogP contribution in [-0.4, -0.2) is 36.1 Å². The maximum atomic E-state index is 12.2. The molecule has 0 bridgehead atoms. The van der Waals surface area contributed by atoms with E-state index in [9.17, 15) is 13.2 Å². The molecule has 1 aromatic heterocycles. The van der Waals surface area contributed by atoms with Gasteiger partial charge in [-0.3, -0.25) is 4.79 Å². The first-order chi connectivity index (χ1) is 11.7. The number of hydrogen-bond donors (Lipinski definition) is 0. The minimum absolute atomic E-state index is 0.00370. The highest BCUT2D eigenvalue weighted by molar-refractivity contribution is 9.09. The van der Waals surface area contributed by atoms with E-state index < -0.39 is 9.84 Å². The number of aromatic nitrogens is 1. The number of carbonyl (C=O) groups excluding carboxylic acids is 1. The average Bonchev–Trinajstić information content (AvgIpc) is 2.87. The number of Topliss-reactive ketones (excluding diaryl/α,β-unsaturated/α-hetero) is 1.